The molecule has 1 aromatic rings. The first-order valence-corrected chi connectivity index (χ1v) is 4.90. The Morgan fingerprint density at radius 3 is 2.00 bits per heavy atom. The van der Waals surface area contributed by atoms with Crippen molar-refractivity contribution in [3.05, 3.63) is 38.4 Å². The third-order valence-electron chi connectivity index (χ3n) is 2.09. The van der Waals surface area contributed by atoms with Gasteiger partial charge in [-0.2, -0.15) is 26.3 Å². The van der Waals surface area contributed by atoms with Crippen LogP contribution in [0.25, 0.3) is 0 Å². The Labute approximate surface area is 111 Å². The van der Waals surface area contributed by atoms with Gasteiger partial charge < -0.3 is 0 Å². The lowest BCUT2D eigenvalue weighted by Gasteiger charge is -2.13. The molecule has 0 fully saturated rings. The van der Waals surface area contributed by atoms with Crippen molar-refractivity contribution in [2.45, 2.75) is 12.4 Å². The van der Waals surface area contributed by atoms with E-state index in [9.17, 15) is 41.3 Å². The highest BCUT2D eigenvalue weighted by Crippen LogP contribution is 2.39. The topological polar surface area (TPSA) is 60.2 Å². The minimum absolute atomic E-state index is 0.0155. The molecule has 0 unspecified atom stereocenters. The average Bonchev–Trinajstić information content (AvgIpc) is 2.24. The minimum Gasteiger partial charge on any atom is -0.284 e. The van der Waals surface area contributed by atoms with Gasteiger partial charge in [0, 0.05) is 11.6 Å². The fraction of sp³-hybridized carbons (Fsp3) is 0.222. The van der Waals surface area contributed by atoms with Gasteiger partial charge >= 0.3 is 12.4 Å². The molecule has 4 nitrogen and oxygen atoms in total. The van der Waals surface area contributed by atoms with Gasteiger partial charge in [-0.15, -0.1) is 0 Å². The second-order valence-electron chi connectivity index (χ2n) is 3.43. The molecule has 110 valence electrons. The standard InChI is InChI=1S/C9H2ClF6NO3/c10-5-1-3(7(18)9(14,15)16)4(8(11,12)13)2-6(5)17(19)20/h1-2H. The second kappa shape index (κ2) is 4.93. The molecule has 0 amide bonds. The number of hydrogen-bond donors (Lipinski definition) is 0. The van der Waals surface area contributed by atoms with Crippen LogP contribution in [0.4, 0.5) is 32.0 Å². The van der Waals surface area contributed by atoms with Crippen molar-refractivity contribution in [1.82, 2.24) is 0 Å². The molecular weight excluding hydrogens is 320 g/mol. The van der Waals surface area contributed by atoms with Crippen LogP contribution in [0.5, 0.6) is 0 Å². The van der Waals surface area contributed by atoms with E-state index in [4.69, 9.17) is 11.6 Å². The van der Waals surface area contributed by atoms with Crippen LogP contribution in [0.1, 0.15) is 15.9 Å². The molecule has 0 aliphatic rings. The van der Waals surface area contributed by atoms with Gasteiger partial charge in [0.15, 0.2) is 0 Å². The van der Waals surface area contributed by atoms with E-state index >= 15 is 0 Å². The lowest BCUT2D eigenvalue weighted by atomic mass is 10.0. The van der Waals surface area contributed by atoms with E-state index in [0.29, 0.717) is 0 Å². The minimum atomic E-state index is -5.57. The number of rotatable bonds is 2. The number of hydrogen-bond acceptors (Lipinski definition) is 3. The third kappa shape index (κ3) is 3.18. The van der Waals surface area contributed by atoms with Crippen molar-refractivity contribution < 1.29 is 36.1 Å². The Bertz CT molecular complexity index is 580. The Kier molecular flexibility index (Phi) is 3.99. The van der Waals surface area contributed by atoms with E-state index in [1.54, 1.807) is 0 Å². The summed E-state index contributed by atoms with van der Waals surface area (Å²) < 4.78 is 74.4. The maximum absolute atomic E-state index is 12.6. The Hall–Kier alpha value is -1.84. The zero-order valence-electron chi connectivity index (χ0n) is 8.97. The number of benzene rings is 1. The predicted octanol–water partition coefficient (Wildman–Crippen LogP) is 4.01. The highest BCUT2D eigenvalue weighted by Gasteiger charge is 2.46. The fourth-order valence-electron chi connectivity index (χ4n) is 1.28. The summed E-state index contributed by atoms with van der Waals surface area (Å²) >= 11 is 5.21. The number of carbonyl (C=O) groups is 1. The van der Waals surface area contributed by atoms with Crippen LogP contribution < -0.4 is 0 Å². The highest BCUT2D eigenvalue weighted by atomic mass is 35.5. The summed E-state index contributed by atoms with van der Waals surface area (Å²) in [6.07, 6.45) is -11.0. The molecular formula is C9H2ClF6NO3. The van der Waals surface area contributed by atoms with Gasteiger partial charge in [-0.1, -0.05) is 11.6 Å². The molecule has 0 heterocycles. The summed E-state index contributed by atoms with van der Waals surface area (Å²) in [6, 6.07) is -0.223. The molecule has 0 aliphatic heterocycles. The van der Waals surface area contributed by atoms with Gasteiger partial charge in [0.25, 0.3) is 11.5 Å². The predicted molar refractivity (Wildman–Crippen MR) is 53.5 cm³/mol. The quantitative estimate of drug-likeness (QED) is 0.358. The Morgan fingerprint density at radius 1 is 1.15 bits per heavy atom. The summed E-state index contributed by atoms with van der Waals surface area (Å²) in [4.78, 5) is 20.0. The van der Waals surface area contributed by atoms with Crippen molar-refractivity contribution in [3.8, 4) is 0 Å². The van der Waals surface area contributed by atoms with Crippen molar-refractivity contribution in [3.63, 3.8) is 0 Å². The van der Waals surface area contributed by atoms with E-state index in [1.807, 2.05) is 0 Å². The lowest BCUT2D eigenvalue weighted by molar-refractivity contribution is -0.385. The number of Topliss-reactive ketones (excluding diaryl/α,β-unsaturated/α-hetero) is 1. The van der Waals surface area contributed by atoms with Crippen LogP contribution in [-0.2, 0) is 6.18 Å². The fourth-order valence-corrected chi connectivity index (χ4v) is 1.51. The van der Waals surface area contributed by atoms with Crippen LogP contribution in [0.15, 0.2) is 12.1 Å². The number of alkyl halides is 6. The average molecular weight is 322 g/mol. The zero-order chi connectivity index (χ0) is 15.9. The zero-order valence-corrected chi connectivity index (χ0v) is 9.73. The number of nitro benzene ring substituents is 1. The molecule has 1 aromatic carbocycles. The summed E-state index contributed by atoms with van der Waals surface area (Å²) in [7, 11) is 0. The van der Waals surface area contributed by atoms with Gasteiger partial charge in [-0.25, -0.2) is 0 Å². The van der Waals surface area contributed by atoms with Crippen LogP contribution in [0, 0.1) is 10.1 Å². The molecule has 0 aliphatic carbocycles. The molecule has 0 saturated carbocycles. The van der Waals surface area contributed by atoms with Crippen molar-refractivity contribution in [2.24, 2.45) is 0 Å². The van der Waals surface area contributed by atoms with E-state index in [0.717, 1.165) is 0 Å². The molecule has 11 heteroatoms. The van der Waals surface area contributed by atoms with E-state index < -0.39 is 44.9 Å². The van der Waals surface area contributed by atoms with Crippen LogP contribution in [0.2, 0.25) is 5.02 Å². The molecule has 0 bridgehead atoms. The van der Waals surface area contributed by atoms with Gasteiger partial charge in [-0.3, -0.25) is 14.9 Å². The third-order valence-corrected chi connectivity index (χ3v) is 2.39. The molecule has 0 atom stereocenters. The number of ketones is 1. The van der Waals surface area contributed by atoms with Gasteiger partial charge in [-0.05, 0) is 6.07 Å². The molecule has 20 heavy (non-hydrogen) atoms. The maximum Gasteiger partial charge on any atom is 0.454 e. The number of nitro groups is 1. The van der Waals surface area contributed by atoms with E-state index in [-0.39, 0.29) is 12.1 Å². The number of nitrogens with zero attached hydrogens (tertiary/aromatic N) is 1. The second-order valence-corrected chi connectivity index (χ2v) is 3.84. The monoisotopic (exact) mass is 321 g/mol. The summed E-state index contributed by atoms with van der Waals surface area (Å²) in [6.45, 7) is 0. The first-order valence-electron chi connectivity index (χ1n) is 4.52. The smallest absolute Gasteiger partial charge is 0.284 e. The van der Waals surface area contributed by atoms with E-state index in [1.165, 1.54) is 0 Å². The first kappa shape index (κ1) is 16.2. The summed E-state index contributed by atoms with van der Waals surface area (Å²) in [5, 5.41) is 9.42. The first-order chi connectivity index (χ1) is 8.85. The summed E-state index contributed by atoms with van der Waals surface area (Å²) in [5.74, 6) is -2.79. The van der Waals surface area contributed by atoms with Gasteiger partial charge in [0.1, 0.15) is 5.02 Å². The van der Waals surface area contributed by atoms with Gasteiger partial charge in [0.2, 0.25) is 0 Å². The van der Waals surface area contributed by atoms with Crippen molar-refractivity contribution in [1.29, 1.82) is 0 Å². The molecule has 0 spiro atoms. The van der Waals surface area contributed by atoms with Crippen molar-refractivity contribution in [2.75, 3.05) is 0 Å². The molecule has 1 rings (SSSR count). The number of halogens is 7. The largest absolute Gasteiger partial charge is 0.454 e. The Balaban J connectivity index is 3.64. The van der Waals surface area contributed by atoms with Crippen LogP contribution >= 0.6 is 11.6 Å². The normalized spacial score (nSPS) is 12.3. The maximum atomic E-state index is 12.6. The Morgan fingerprint density at radius 2 is 1.65 bits per heavy atom. The summed E-state index contributed by atoms with van der Waals surface area (Å²) in [5.41, 5.74) is -5.12. The van der Waals surface area contributed by atoms with E-state index in [2.05, 4.69) is 0 Å². The lowest BCUT2D eigenvalue weighted by Crippen LogP contribution is -2.26. The number of carbonyl (C=O) groups excluding carboxylic acids is 1. The van der Waals surface area contributed by atoms with Crippen LogP contribution in [-0.4, -0.2) is 16.9 Å². The molecule has 0 saturated heterocycles. The van der Waals surface area contributed by atoms with Gasteiger partial charge in [0.05, 0.1) is 10.5 Å². The SMILES string of the molecule is O=C(c1cc(Cl)c([N+](=O)[O-])cc1C(F)(F)F)C(F)(F)F. The van der Waals surface area contributed by atoms with Crippen molar-refractivity contribution >= 4 is 23.1 Å². The highest BCUT2D eigenvalue weighted by molar-refractivity contribution is 6.33. The van der Waals surface area contributed by atoms with Crippen LogP contribution in [0.3, 0.4) is 0 Å². The molecule has 0 radical (unpaired) electrons. The molecule has 0 N–H and O–H groups in total. The molecule has 0 aromatic heterocycles.